The van der Waals surface area contributed by atoms with E-state index in [1.54, 1.807) is 6.82 Å². The summed E-state index contributed by atoms with van der Waals surface area (Å²) in [7, 11) is -0.520. The molecule has 64 valence electrons. The molecule has 0 aliphatic heterocycles. The van der Waals surface area contributed by atoms with E-state index in [0.29, 0.717) is 6.54 Å². The number of benzene rings is 1. The topological polar surface area (TPSA) is 44.3 Å². The molecule has 12 heavy (non-hydrogen) atoms. The summed E-state index contributed by atoms with van der Waals surface area (Å²) in [5.41, 5.74) is 4.09. The average molecular weight is 164 g/mol. The average Bonchev–Trinajstić information content (AvgIpc) is 2.05. The van der Waals surface area contributed by atoms with E-state index in [1.807, 2.05) is 30.3 Å². The predicted octanol–water partition coefficient (Wildman–Crippen LogP) is 0.391. The van der Waals surface area contributed by atoms with Gasteiger partial charge in [0.2, 0.25) is 0 Å². The highest BCUT2D eigenvalue weighted by Gasteiger charge is 1.98. The summed E-state index contributed by atoms with van der Waals surface area (Å²) in [4.78, 5) is 0. The summed E-state index contributed by atoms with van der Waals surface area (Å²) < 4.78 is 0. The lowest BCUT2D eigenvalue weighted by Gasteiger charge is -2.06. The molecule has 0 aliphatic rings. The molecule has 0 radical (unpaired) electrons. The fraction of sp³-hybridized carbons (Fsp3) is 0.250. The summed E-state index contributed by atoms with van der Waals surface area (Å²) in [6.45, 7) is 2.38. The molecule has 1 rings (SSSR count). The van der Waals surface area contributed by atoms with Gasteiger partial charge in [0, 0.05) is 6.54 Å². The Kier molecular flexibility index (Phi) is 3.80. The normalized spacial score (nSPS) is 9.83. The van der Waals surface area contributed by atoms with Gasteiger partial charge in [-0.1, -0.05) is 30.3 Å². The lowest BCUT2D eigenvalue weighted by molar-refractivity contribution is 0.520. The standard InChI is InChI=1S/C8H13BN2O/c1-9(12)11-10-7-8-5-3-2-4-6-8/h2-6,10-12H,7H2,1H3. The minimum absolute atomic E-state index is 0.520. The Morgan fingerprint density at radius 2 is 2.00 bits per heavy atom. The van der Waals surface area contributed by atoms with Crippen molar-refractivity contribution in [1.29, 1.82) is 0 Å². The Labute approximate surface area is 72.9 Å². The molecule has 4 heteroatoms. The van der Waals surface area contributed by atoms with Crippen molar-refractivity contribution in [2.75, 3.05) is 0 Å². The van der Waals surface area contributed by atoms with Crippen molar-refractivity contribution in [2.24, 2.45) is 0 Å². The van der Waals surface area contributed by atoms with Crippen LogP contribution in [0.4, 0.5) is 0 Å². The van der Waals surface area contributed by atoms with Crippen molar-refractivity contribution in [3.63, 3.8) is 0 Å². The van der Waals surface area contributed by atoms with E-state index >= 15 is 0 Å². The van der Waals surface area contributed by atoms with Gasteiger partial charge >= 0.3 is 7.05 Å². The molecule has 0 bridgehead atoms. The Balaban J connectivity index is 2.25. The minimum atomic E-state index is -0.520. The molecule has 0 saturated carbocycles. The summed E-state index contributed by atoms with van der Waals surface area (Å²) in [6.07, 6.45) is 0. The minimum Gasteiger partial charge on any atom is -0.437 e. The fourth-order valence-corrected chi connectivity index (χ4v) is 0.897. The van der Waals surface area contributed by atoms with Crippen LogP contribution in [0, 0.1) is 0 Å². The molecule has 0 saturated heterocycles. The highest BCUT2D eigenvalue weighted by molar-refractivity contribution is 6.45. The number of hydrazine groups is 1. The van der Waals surface area contributed by atoms with Crippen molar-refractivity contribution < 1.29 is 5.02 Å². The Hall–Kier alpha value is -0.835. The predicted molar refractivity (Wildman–Crippen MR) is 50.3 cm³/mol. The molecule has 3 nitrogen and oxygen atoms in total. The van der Waals surface area contributed by atoms with Crippen LogP contribution in [0.25, 0.3) is 0 Å². The van der Waals surface area contributed by atoms with Crippen LogP contribution in [0.15, 0.2) is 30.3 Å². The van der Waals surface area contributed by atoms with Crippen LogP contribution in [0.3, 0.4) is 0 Å². The molecular formula is C8H13BN2O. The third-order valence-corrected chi connectivity index (χ3v) is 1.45. The van der Waals surface area contributed by atoms with Crippen LogP contribution in [-0.2, 0) is 6.54 Å². The van der Waals surface area contributed by atoms with Crippen molar-refractivity contribution in [1.82, 2.24) is 10.8 Å². The molecule has 1 aromatic rings. The second-order valence-corrected chi connectivity index (χ2v) is 2.66. The lowest BCUT2D eigenvalue weighted by atomic mass is 9.91. The number of hydrogen-bond acceptors (Lipinski definition) is 3. The monoisotopic (exact) mass is 164 g/mol. The third kappa shape index (κ3) is 3.53. The first-order chi connectivity index (χ1) is 5.79. The number of rotatable bonds is 4. The molecule has 0 spiro atoms. The van der Waals surface area contributed by atoms with E-state index in [-0.39, 0.29) is 0 Å². The van der Waals surface area contributed by atoms with E-state index in [4.69, 9.17) is 5.02 Å². The van der Waals surface area contributed by atoms with Crippen molar-refractivity contribution >= 4 is 7.05 Å². The zero-order valence-corrected chi connectivity index (χ0v) is 7.12. The van der Waals surface area contributed by atoms with Crippen LogP contribution in [0.5, 0.6) is 0 Å². The van der Waals surface area contributed by atoms with E-state index in [0.717, 1.165) is 0 Å². The van der Waals surface area contributed by atoms with Gasteiger partial charge < -0.3 is 5.02 Å². The van der Waals surface area contributed by atoms with E-state index in [9.17, 15) is 0 Å². The van der Waals surface area contributed by atoms with Crippen LogP contribution in [-0.4, -0.2) is 12.1 Å². The third-order valence-electron chi connectivity index (χ3n) is 1.45. The van der Waals surface area contributed by atoms with Crippen molar-refractivity contribution in [3.05, 3.63) is 35.9 Å². The Morgan fingerprint density at radius 3 is 2.58 bits per heavy atom. The zero-order valence-electron chi connectivity index (χ0n) is 7.12. The SMILES string of the molecule is CB(O)NNCc1ccccc1. The molecule has 1 aromatic carbocycles. The highest BCUT2D eigenvalue weighted by Crippen LogP contribution is 1.95. The van der Waals surface area contributed by atoms with Gasteiger partial charge in [0.05, 0.1) is 0 Å². The molecule has 0 aliphatic carbocycles. The largest absolute Gasteiger partial charge is 0.437 e. The van der Waals surface area contributed by atoms with Crippen LogP contribution >= 0.6 is 0 Å². The summed E-state index contributed by atoms with van der Waals surface area (Å²) in [5, 5.41) is 11.6. The van der Waals surface area contributed by atoms with E-state index in [2.05, 4.69) is 10.8 Å². The van der Waals surface area contributed by atoms with Gasteiger partial charge in [0.1, 0.15) is 0 Å². The summed E-state index contributed by atoms with van der Waals surface area (Å²) in [6, 6.07) is 10.00. The van der Waals surface area contributed by atoms with Gasteiger partial charge in [-0.25, -0.2) is 0 Å². The first kappa shape index (κ1) is 9.25. The Morgan fingerprint density at radius 1 is 1.33 bits per heavy atom. The molecule has 3 N–H and O–H groups in total. The van der Waals surface area contributed by atoms with Gasteiger partial charge in [0.15, 0.2) is 0 Å². The smallest absolute Gasteiger partial charge is 0.387 e. The number of hydrogen-bond donors (Lipinski definition) is 3. The first-order valence-electron chi connectivity index (χ1n) is 3.99. The fourth-order valence-electron chi connectivity index (χ4n) is 0.897. The highest BCUT2D eigenvalue weighted by atomic mass is 16.2. The summed E-state index contributed by atoms with van der Waals surface area (Å²) >= 11 is 0. The van der Waals surface area contributed by atoms with Gasteiger partial charge in [-0.2, -0.15) is 0 Å². The quantitative estimate of drug-likeness (QED) is 0.445. The number of nitrogens with one attached hydrogen (secondary N) is 2. The van der Waals surface area contributed by atoms with E-state index < -0.39 is 7.05 Å². The van der Waals surface area contributed by atoms with Crippen molar-refractivity contribution in [3.8, 4) is 0 Å². The Bertz CT molecular complexity index is 216. The maximum Gasteiger partial charge on any atom is 0.387 e. The zero-order chi connectivity index (χ0) is 8.81. The van der Waals surface area contributed by atoms with Gasteiger partial charge in [-0.05, 0) is 12.4 Å². The van der Waals surface area contributed by atoms with Gasteiger partial charge in [-0.15, -0.1) is 0 Å². The molecule has 0 fully saturated rings. The maximum atomic E-state index is 8.86. The molecule has 0 atom stereocenters. The molecule has 0 amide bonds. The summed E-state index contributed by atoms with van der Waals surface area (Å²) in [5.74, 6) is 0. The van der Waals surface area contributed by atoms with E-state index in [1.165, 1.54) is 5.56 Å². The molecule has 0 heterocycles. The van der Waals surface area contributed by atoms with Crippen LogP contribution < -0.4 is 10.8 Å². The van der Waals surface area contributed by atoms with Crippen molar-refractivity contribution in [2.45, 2.75) is 13.4 Å². The molecule has 0 aromatic heterocycles. The van der Waals surface area contributed by atoms with Gasteiger partial charge in [-0.3, -0.25) is 10.8 Å². The molecule has 0 unspecified atom stereocenters. The second kappa shape index (κ2) is 4.93. The molecular weight excluding hydrogens is 151 g/mol. The van der Waals surface area contributed by atoms with Gasteiger partial charge in [0.25, 0.3) is 0 Å². The lowest BCUT2D eigenvalue weighted by Crippen LogP contribution is -2.41. The second-order valence-electron chi connectivity index (χ2n) is 2.66. The van der Waals surface area contributed by atoms with Crippen LogP contribution in [0.1, 0.15) is 5.56 Å². The maximum absolute atomic E-state index is 8.86. The first-order valence-corrected chi connectivity index (χ1v) is 3.99. The van der Waals surface area contributed by atoms with Crippen LogP contribution in [0.2, 0.25) is 6.82 Å².